The van der Waals surface area contributed by atoms with Crippen molar-refractivity contribution >= 4 is 0 Å². The first-order valence-corrected chi connectivity index (χ1v) is 12.0. The van der Waals surface area contributed by atoms with Crippen LogP contribution in [0.1, 0.15) is 129 Å². The van der Waals surface area contributed by atoms with Crippen molar-refractivity contribution in [3.05, 3.63) is 0 Å². The third-order valence-corrected chi connectivity index (χ3v) is 5.67. The fourth-order valence-corrected chi connectivity index (χ4v) is 3.80. The van der Waals surface area contributed by atoms with Crippen LogP contribution in [0.15, 0.2) is 0 Å². The first kappa shape index (κ1) is 28.6. The predicted octanol–water partition coefficient (Wildman–Crippen LogP) is 3.81. The Morgan fingerprint density at radius 1 is 0.538 bits per heavy atom. The van der Waals surface area contributed by atoms with Gasteiger partial charge in [0.15, 0.2) is 0 Å². The van der Waals surface area contributed by atoms with Crippen LogP contribution in [0.4, 0.5) is 0 Å². The summed E-state index contributed by atoms with van der Waals surface area (Å²) in [7, 11) is 4.52. The Morgan fingerprint density at radius 3 is 1.27 bits per heavy atom. The van der Waals surface area contributed by atoms with Crippen LogP contribution in [-0.2, 0) is 0 Å². The smallest absolute Gasteiger partial charge is 0.0766 e. The summed E-state index contributed by atoms with van der Waals surface area (Å²) in [4.78, 5) is 1.60. The van der Waals surface area contributed by atoms with Crippen molar-refractivity contribution in [3.8, 4) is 0 Å². The average Bonchev–Trinajstić information content (AvgIpc) is 2.58. The third kappa shape index (κ3) is 24.4. The molecule has 0 rings (SSSR count). The van der Waals surface area contributed by atoms with Gasteiger partial charge in [0.2, 0.25) is 0 Å². The van der Waals surface area contributed by atoms with Crippen LogP contribution in [0, 0.1) is 5.92 Å². The monoisotopic (exact) mass is 433 g/mol. The molecule has 0 aliphatic carbocycles. The predicted molar refractivity (Wildman–Crippen MR) is 116 cm³/mol. The summed E-state index contributed by atoms with van der Waals surface area (Å²) in [6.07, 6.45) is 26.3. The lowest BCUT2D eigenvalue weighted by Crippen LogP contribution is -3.05. The van der Waals surface area contributed by atoms with Crippen molar-refractivity contribution in [2.75, 3.05) is 20.6 Å². The molecule has 0 aliphatic heterocycles. The van der Waals surface area contributed by atoms with E-state index in [4.69, 9.17) is 0 Å². The molecular weight excluding hydrogens is 382 g/mol. The van der Waals surface area contributed by atoms with Gasteiger partial charge in [0.25, 0.3) is 0 Å². The average molecular weight is 435 g/mol. The van der Waals surface area contributed by atoms with Gasteiger partial charge < -0.3 is 21.9 Å². The summed E-state index contributed by atoms with van der Waals surface area (Å²) in [5.41, 5.74) is 0. The van der Waals surface area contributed by atoms with Crippen LogP contribution < -0.4 is 21.9 Å². The van der Waals surface area contributed by atoms with Gasteiger partial charge in [0, 0.05) is 0 Å². The highest BCUT2D eigenvalue weighted by Gasteiger charge is 2.02. The fraction of sp³-hybridized carbons (Fsp3) is 1.00. The maximum atomic E-state index is 2.48. The first-order valence-electron chi connectivity index (χ1n) is 12.0. The molecule has 0 heterocycles. The molecule has 0 radical (unpaired) electrons. The molecule has 1 unspecified atom stereocenters. The van der Waals surface area contributed by atoms with E-state index >= 15 is 0 Å². The maximum Gasteiger partial charge on any atom is 0.0766 e. The molecule has 0 aromatic carbocycles. The number of hydrogen-bond acceptors (Lipinski definition) is 0. The van der Waals surface area contributed by atoms with E-state index < -0.39 is 0 Å². The van der Waals surface area contributed by atoms with E-state index in [-0.39, 0.29) is 17.0 Å². The minimum atomic E-state index is 0. The largest absolute Gasteiger partial charge is 1.00 e. The van der Waals surface area contributed by atoms with Crippen LogP contribution in [0.2, 0.25) is 0 Å². The summed E-state index contributed by atoms with van der Waals surface area (Å²) in [6.45, 7) is 6.12. The number of unbranched alkanes of at least 4 members (excludes halogenated alkanes) is 14. The van der Waals surface area contributed by atoms with Crippen LogP contribution in [0.25, 0.3) is 0 Å². The summed E-state index contributed by atoms with van der Waals surface area (Å²) in [6, 6.07) is 0. The van der Waals surface area contributed by atoms with Crippen molar-refractivity contribution in [1.29, 1.82) is 0 Å². The Balaban J connectivity index is 0. The highest BCUT2D eigenvalue weighted by atomic mass is 79.9. The van der Waals surface area contributed by atoms with E-state index in [2.05, 4.69) is 27.9 Å². The van der Waals surface area contributed by atoms with Gasteiger partial charge in [-0.25, -0.2) is 0 Å². The summed E-state index contributed by atoms with van der Waals surface area (Å²) in [5, 5.41) is 0. The summed E-state index contributed by atoms with van der Waals surface area (Å²) < 4.78 is 0. The lowest BCUT2D eigenvalue weighted by molar-refractivity contribution is -0.858. The molecule has 0 saturated carbocycles. The lowest BCUT2D eigenvalue weighted by atomic mass is 9.96. The maximum absolute atomic E-state index is 2.48. The van der Waals surface area contributed by atoms with Crippen molar-refractivity contribution in [2.45, 2.75) is 129 Å². The van der Waals surface area contributed by atoms with Crippen LogP contribution in [-0.4, -0.2) is 20.6 Å². The van der Waals surface area contributed by atoms with Crippen LogP contribution >= 0.6 is 0 Å². The lowest BCUT2D eigenvalue weighted by Gasteiger charge is -2.11. The number of halogens is 1. The molecule has 0 bridgehead atoms. The van der Waals surface area contributed by atoms with E-state index in [1.807, 2.05) is 0 Å². The van der Waals surface area contributed by atoms with Gasteiger partial charge in [-0.15, -0.1) is 0 Å². The summed E-state index contributed by atoms with van der Waals surface area (Å²) in [5.74, 6) is 0.964. The Bertz CT molecular complexity index is 242. The number of quaternary nitrogens is 1. The van der Waals surface area contributed by atoms with Crippen molar-refractivity contribution in [2.24, 2.45) is 5.92 Å². The molecule has 0 aromatic rings. The SMILES string of the molecule is CCCCCCCCCCCCC(C)CCCCCCCC[NH+](C)C.[Br-]. The second-order valence-electron chi connectivity index (χ2n) is 8.94. The fourth-order valence-electron chi connectivity index (χ4n) is 3.80. The normalized spacial score (nSPS) is 12.3. The molecular formula is C24H52BrN. The van der Waals surface area contributed by atoms with Crippen molar-refractivity contribution < 1.29 is 21.9 Å². The molecule has 1 atom stereocenters. The molecule has 0 aromatic heterocycles. The van der Waals surface area contributed by atoms with E-state index in [1.54, 1.807) is 4.90 Å². The summed E-state index contributed by atoms with van der Waals surface area (Å²) >= 11 is 0. The molecule has 2 heteroatoms. The molecule has 26 heavy (non-hydrogen) atoms. The van der Waals surface area contributed by atoms with Gasteiger partial charge in [-0.2, -0.15) is 0 Å². The molecule has 160 valence electrons. The van der Waals surface area contributed by atoms with Gasteiger partial charge in [-0.3, -0.25) is 0 Å². The molecule has 0 fully saturated rings. The number of nitrogens with one attached hydrogen (secondary N) is 1. The zero-order chi connectivity index (χ0) is 18.6. The van der Waals surface area contributed by atoms with Crippen molar-refractivity contribution in [1.82, 2.24) is 0 Å². The zero-order valence-electron chi connectivity index (χ0n) is 18.9. The zero-order valence-corrected chi connectivity index (χ0v) is 20.5. The van der Waals surface area contributed by atoms with Gasteiger partial charge in [0.1, 0.15) is 0 Å². The standard InChI is InChI=1S/C24H51N.BrH/c1-5-6-7-8-9-10-11-12-15-18-21-24(2)22-19-16-13-14-17-20-23-25(3)4;/h24H,5-23H2,1-4H3;1H. The van der Waals surface area contributed by atoms with Crippen LogP contribution in [0.3, 0.4) is 0 Å². The molecule has 0 spiro atoms. The quantitative estimate of drug-likeness (QED) is 0.278. The molecule has 1 nitrogen and oxygen atoms in total. The minimum absolute atomic E-state index is 0. The van der Waals surface area contributed by atoms with E-state index in [9.17, 15) is 0 Å². The Kier molecular flexibility index (Phi) is 25.9. The minimum Gasteiger partial charge on any atom is -1.00 e. The third-order valence-electron chi connectivity index (χ3n) is 5.67. The topological polar surface area (TPSA) is 4.44 Å². The molecule has 0 aliphatic rings. The van der Waals surface area contributed by atoms with Gasteiger partial charge >= 0.3 is 0 Å². The Labute approximate surface area is 177 Å². The number of rotatable bonds is 20. The number of hydrogen-bond donors (Lipinski definition) is 1. The van der Waals surface area contributed by atoms with E-state index in [0.717, 1.165) is 5.92 Å². The van der Waals surface area contributed by atoms with E-state index in [1.165, 1.54) is 122 Å². The molecule has 1 N–H and O–H groups in total. The Hall–Kier alpha value is 0.440. The van der Waals surface area contributed by atoms with Gasteiger partial charge in [-0.05, 0) is 18.8 Å². The highest BCUT2D eigenvalue weighted by molar-refractivity contribution is 4.56. The van der Waals surface area contributed by atoms with Gasteiger partial charge in [0.05, 0.1) is 20.6 Å². The molecule has 0 amide bonds. The van der Waals surface area contributed by atoms with Crippen LogP contribution in [0.5, 0.6) is 0 Å². The second kappa shape index (κ2) is 23.5. The molecule has 0 saturated heterocycles. The van der Waals surface area contributed by atoms with Crippen molar-refractivity contribution in [3.63, 3.8) is 0 Å². The van der Waals surface area contributed by atoms with Gasteiger partial charge in [-0.1, -0.05) is 117 Å². The Morgan fingerprint density at radius 2 is 0.885 bits per heavy atom. The van der Waals surface area contributed by atoms with E-state index in [0.29, 0.717) is 0 Å². The second-order valence-corrected chi connectivity index (χ2v) is 8.94. The first-order chi connectivity index (χ1) is 12.2. The highest BCUT2D eigenvalue weighted by Crippen LogP contribution is 2.18.